The highest BCUT2D eigenvalue weighted by Gasteiger charge is 2.30. The quantitative estimate of drug-likeness (QED) is 0.236. The molecule has 1 atom stereocenters. The average molecular weight is 405 g/mol. The summed E-state index contributed by atoms with van der Waals surface area (Å²) in [5.41, 5.74) is -1.14. The number of benzene rings is 2. The van der Waals surface area contributed by atoms with Crippen LogP contribution < -0.4 is 9.47 Å². The molecular weight excluding hydrogens is 394 g/mol. The maximum Gasteiger partial charge on any atom is 0.315 e. The van der Waals surface area contributed by atoms with Gasteiger partial charge in [-0.1, -0.05) is 5.16 Å². The van der Waals surface area contributed by atoms with E-state index in [0.29, 0.717) is 6.29 Å². The predicted octanol–water partition coefficient (Wildman–Crippen LogP) is 1.87. The van der Waals surface area contributed by atoms with Gasteiger partial charge in [0.15, 0.2) is 18.1 Å². The van der Waals surface area contributed by atoms with E-state index in [1.165, 1.54) is 6.07 Å². The first-order valence-corrected chi connectivity index (χ1v) is 7.76. The Labute approximate surface area is 160 Å². The van der Waals surface area contributed by atoms with Crippen molar-refractivity contribution in [3.63, 3.8) is 0 Å². The van der Waals surface area contributed by atoms with Crippen LogP contribution in [-0.4, -0.2) is 45.5 Å². The van der Waals surface area contributed by atoms with Gasteiger partial charge in [0.25, 0.3) is 6.29 Å². The largest absolute Gasteiger partial charge is 0.504 e. The summed E-state index contributed by atoms with van der Waals surface area (Å²) in [5.74, 6) is -1.86. The minimum absolute atomic E-state index is 0.00456. The van der Waals surface area contributed by atoms with Gasteiger partial charge in [-0.2, -0.15) is 0 Å². The van der Waals surface area contributed by atoms with Crippen molar-refractivity contribution in [2.45, 2.75) is 6.29 Å². The smallest absolute Gasteiger partial charge is 0.315 e. The van der Waals surface area contributed by atoms with Crippen molar-refractivity contribution in [1.82, 2.24) is 0 Å². The second-order valence-electron chi connectivity index (χ2n) is 5.61. The molecule has 13 heteroatoms. The monoisotopic (exact) mass is 405 g/mol. The van der Waals surface area contributed by atoms with Crippen LogP contribution in [0.3, 0.4) is 0 Å². The van der Waals surface area contributed by atoms with Crippen LogP contribution in [0.1, 0.15) is 15.9 Å². The Morgan fingerprint density at radius 2 is 1.79 bits per heavy atom. The van der Waals surface area contributed by atoms with Crippen molar-refractivity contribution >= 4 is 23.9 Å². The Bertz CT molecular complexity index is 1040. The summed E-state index contributed by atoms with van der Waals surface area (Å²) >= 11 is 0. The number of hydrogen-bond donors (Lipinski definition) is 2. The van der Waals surface area contributed by atoms with E-state index >= 15 is 0 Å². The Kier molecular flexibility index (Phi) is 5.12. The number of carbonyl (C=O) groups is 1. The Morgan fingerprint density at radius 3 is 2.45 bits per heavy atom. The number of phenolic OH excluding ortho intramolecular Hbond substituents is 2. The lowest BCUT2D eigenvalue weighted by Gasteiger charge is -2.24. The second kappa shape index (κ2) is 7.67. The van der Waals surface area contributed by atoms with Gasteiger partial charge in [-0.25, -0.2) is 0 Å². The van der Waals surface area contributed by atoms with Crippen LogP contribution in [0.25, 0.3) is 0 Å². The highest BCUT2D eigenvalue weighted by atomic mass is 16.8. The minimum atomic E-state index is -1.14. The Balaban J connectivity index is 1.76. The fraction of sp³-hybridized carbons (Fsp3) is 0.125. The number of hydrogen-bond acceptors (Lipinski definition) is 11. The summed E-state index contributed by atoms with van der Waals surface area (Å²) in [4.78, 5) is 36.3. The van der Waals surface area contributed by atoms with Crippen molar-refractivity contribution < 1.29 is 39.2 Å². The molecule has 2 aromatic rings. The van der Waals surface area contributed by atoms with E-state index in [0.717, 1.165) is 24.4 Å². The van der Waals surface area contributed by atoms with Crippen LogP contribution in [0.4, 0.5) is 11.4 Å². The zero-order valence-corrected chi connectivity index (χ0v) is 14.3. The number of fused-ring (bicyclic) bond motifs is 1. The summed E-state index contributed by atoms with van der Waals surface area (Å²) in [6.07, 6.45) is 0.277. The fourth-order valence-corrected chi connectivity index (χ4v) is 2.42. The molecule has 0 bridgehead atoms. The van der Waals surface area contributed by atoms with Gasteiger partial charge in [0.1, 0.15) is 6.29 Å². The van der Waals surface area contributed by atoms with Gasteiger partial charge < -0.3 is 24.5 Å². The van der Waals surface area contributed by atoms with Gasteiger partial charge in [-0.05, 0) is 12.1 Å². The number of rotatable bonds is 6. The highest BCUT2D eigenvalue weighted by molar-refractivity contribution is 5.82. The van der Waals surface area contributed by atoms with E-state index in [2.05, 4.69) is 5.16 Å². The van der Waals surface area contributed by atoms with Crippen LogP contribution in [0.2, 0.25) is 0 Å². The van der Waals surface area contributed by atoms with E-state index in [1.807, 2.05) is 0 Å². The zero-order chi connectivity index (χ0) is 21.1. The molecule has 0 saturated heterocycles. The Morgan fingerprint density at radius 1 is 1.10 bits per heavy atom. The molecule has 13 nitrogen and oxygen atoms in total. The van der Waals surface area contributed by atoms with E-state index < -0.39 is 39.0 Å². The highest BCUT2D eigenvalue weighted by Crippen LogP contribution is 2.41. The molecule has 0 saturated carbocycles. The standard InChI is InChI=1S/C16H11N3O10/c20-6-9-2-11(19(25)26)16-13(4-9)28-14(7-27-16)29-17-5-8-1-10(18(23)24)15(22)12(21)3-8/h1-6,14,21-22H,7H2/b17-5+. The van der Waals surface area contributed by atoms with Gasteiger partial charge in [0, 0.05) is 23.3 Å². The molecule has 2 N–H and O–H groups in total. The first-order chi connectivity index (χ1) is 13.8. The second-order valence-corrected chi connectivity index (χ2v) is 5.61. The molecule has 29 heavy (non-hydrogen) atoms. The lowest BCUT2D eigenvalue weighted by molar-refractivity contribution is -0.386. The molecule has 0 aromatic heterocycles. The lowest BCUT2D eigenvalue weighted by atomic mass is 10.2. The molecule has 0 spiro atoms. The third-order valence-corrected chi connectivity index (χ3v) is 3.68. The number of carbonyl (C=O) groups excluding carboxylic acids is 1. The van der Waals surface area contributed by atoms with Crippen LogP contribution in [-0.2, 0) is 4.84 Å². The number of nitro groups is 2. The summed E-state index contributed by atoms with van der Waals surface area (Å²) in [6.45, 7) is -0.271. The Hall–Kier alpha value is -4.42. The summed E-state index contributed by atoms with van der Waals surface area (Å²) in [5, 5.41) is 44.5. The SMILES string of the molecule is O=Cc1cc2c(c([N+](=O)[O-])c1)OCC(O/N=C/c1cc(O)c(O)c([N+](=O)[O-])c1)O2. The molecule has 1 aliphatic heterocycles. The van der Waals surface area contributed by atoms with Crippen molar-refractivity contribution in [2.75, 3.05) is 6.61 Å². The number of phenols is 2. The number of aldehydes is 1. The number of oxime groups is 1. The number of aromatic hydroxyl groups is 2. The van der Waals surface area contributed by atoms with Crippen molar-refractivity contribution in [3.8, 4) is 23.0 Å². The topological polar surface area (TPSA) is 184 Å². The van der Waals surface area contributed by atoms with E-state index in [1.54, 1.807) is 0 Å². The maximum absolute atomic E-state index is 11.1. The lowest BCUT2D eigenvalue weighted by Crippen LogP contribution is -2.30. The minimum Gasteiger partial charge on any atom is -0.504 e. The van der Waals surface area contributed by atoms with E-state index in [-0.39, 0.29) is 29.2 Å². The average Bonchev–Trinajstić information content (AvgIpc) is 2.69. The third kappa shape index (κ3) is 3.97. The zero-order valence-electron chi connectivity index (χ0n) is 14.3. The number of nitro benzene ring substituents is 2. The van der Waals surface area contributed by atoms with Crippen molar-refractivity contribution in [3.05, 3.63) is 55.6 Å². The van der Waals surface area contributed by atoms with Crippen LogP contribution >= 0.6 is 0 Å². The first-order valence-electron chi connectivity index (χ1n) is 7.76. The first kappa shape index (κ1) is 19.3. The van der Waals surface area contributed by atoms with Gasteiger partial charge in [-0.15, -0.1) is 0 Å². The molecule has 0 radical (unpaired) electrons. The van der Waals surface area contributed by atoms with Crippen molar-refractivity contribution in [2.24, 2.45) is 5.16 Å². The number of nitrogens with zero attached hydrogens (tertiary/aromatic N) is 3. The summed E-state index contributed by atoms with van der Waals surface area (Å²) < 4.78 is 10.7. The molecule has 1 aliphatic rings. The third-order valence-electron chi connectivity index (χ3n) is 3.68. The van der Waals surface area contributed by atoms with Gasteiger partial charge >= 0.3 is 11.4 Å². The maximum atomic E-state index is 11.1. The molecular formula is C16H11N3O10. The molecule has 150 valence electrons. The molecule has 0 amide bonds. The molecule has 1 heterocycles. The number of ether oxygens (including phenoxy) is 2. The van der Waals surface area contributed by atoms with E-state index in [4.69, 9.17) is 14.3 Å². The predicted molar refractivity (Wildman–Crippen MR) is 93.5 cm³/mol. The van der Waals surface area contributed by atoms with Gasteiger partial charge in [0.05, 0.1) is 16.1 Å². The van der Waals surface area contributed by atoms with Crippen molar-refractivity contribution in [1.29, 1.82) is 0 Å². The van der Waals surface area contributed by atoms with Gasteiger partial charge in [0.2, 0.25) is 11.5 Å². The molecule has 1 unspecified atom stereocenters. The summed E-state index contributed by atoms with van der Waals surface area (Å²) in [7, 11) is 0. The van der Waals surface area contributed by atoms with Crippen LogP contribution in [0, 0.1) is 20.2 Å². The fourth-order valence-electron chi connectivity index (χ4n) is 2.42. The van der Waals surface area contributed by atoms with Gasteiger partial charge in [-0.3, -0.25) is 25.0 Å². The van der Waals surface area contributed by atoms with Crippen LogP contribution in [0.15, 0.2) is 29.4 Å². The normalized spacial score (nSPS) is 15.1. The molecule has 0 aliphatic carbocycles. The molecule has 2 aromatic carbocycles. The van der Waals surface area contributed by atoms with E-state index in [9.17, 15) is 35.2 Å². The summed E-state index contributed by atoms with van der Waals surface area (Å²) in [6, 6.07) is 4.24. The van der Waals surface area contributed by atoms with Crippen LogP contribution in [0.5, 0.6) is 23.0 Å². The molecule has 0 fully saturated rings. The molecule has 3 rings (SSSR count).